The van der Waals surface area contributed by atoms with Crippen LogP contribution in [0.1, 0.15) is 51.9 Å². The van der Waals surface area contributed by atoms with Crippen molar-refractivity contribution in [2.24, 2.45) is 5.92 Å². The fourth-order valence-electron chi connectivity index (χ4n) is 1.72. The molecule has 0 saturated heterocycles. The van der Waals surface area contributed by atoms with E-state index in [0.29, 0.717) is 6.61 Å². The first-order valence-electron chi connectivity index (χ1n) is 7.07. The third-order valence-corrected chi connectivity index (χ3v) is 2.76. The molecule has 0 heterocycles. The molecule has 0 radical (unpaired) electrons. The first kappa shape index (κ1) is 17.4. The van der Waals surface area contributed by atoms with Crippen molar-refractivity contribution in [2.45, 2.75) is 51.9 Å². The lowest BCUT2D eigenvalue weighted by molar-refractivity contribution is -0.143. The Hall–Kier alpha value is -1.56. The summed E-state index contributed by atoms with van der Waals surface area (Å²) in [5, 5.41) is 8.92. The molecule has 0 rings (SSSR count). The van der Waals surface area contributed by atoms with E-state index in [0.717, 1.165) is 19.3 Å². The van der Waals surface area contributed by atoms with Gasteiger partial charge in [0.1, 0.15) is 0 Å². The lowest BCUT2D eigenvalue weighted by Crippen LogP contribution is -2.08. The largest absolute Gasteiger partial charge is 0.466 e. The van der Waals surface area contributed by atoms with Crippen molar-refractivity contribution in [3.05, 3.63) is 24.8 Å². The molecule has 0 aliphatic carbocycles. The van der Waals surface area contributed by atoms with Gasteiger partial charge in [0.2, 0.25) is 0 Å². The highest BCUT2D eigenvalue weighted by atomic mass is 16.5. The van der Waals surface area contributed by atoms with Gasteiger partial charge >= 0.3 is 5.97 Å². The van der Waals surface area contributed by atoms with Crippen molar-refractivity contribution in [1.82, 2.24) is 0 Å². The second kappa shape index (κ2) is 12.9. The Labute approximate surface area is 117 Å². The Kier molecular flexibility index (Phi) is 11.8. The van der Waals surface area contributed by atoms with Crippen molar-refractivity contribution in [3.63, 3.8) is 0 Å². The molecule has 19 heavy (non-hydrogen) atoms. The Morgan fingerprint density at radius 1 is 1.32 bits per heavy atom. The first-order valence-corrected chi connectivity index (χ1v) is 7.07. The quantitative estimate of drug-likeness (QED) is 0.319. The molecule has 3 heteroatoms. The zero-order valence-corrected chi connectivity index (χ0v) is 11.9. The van der Waals surface area contributed by atoms with Crippen LogP contribution in [0.25, 0.3) is 0 Å². The Morgan fingerprint density at radius 3 is 2.58 bits per heavy atom. The fraction of sp³-hybridized carbons (Fsp3) is 0.625. The Bertz CT molecular complexity index is 315. The molecule has 0 aromatic rings. The van der Waals surface area contributed by atoms with Crippen LogP contribution in [0.3, 0.4) is 0 Å². The minimum Gasteiger partial charge on any atom is -0.466 e. The minimum absolute atomic E-state index is 0.153. The summed E-state index contributed by atoms with van der Waals surface area (Å²) in [6.45, 7) is 5.83. The number of carbonyl (C=O) groups is 1. The van der Waals surface area contributed by atoms with Crippen LogP contribution in [-0.4, -0.2) is 12.6 Å². The normalized spacial score (nSPS) is 12.0. The lowest BCUT2D eigenvalue weighted by Gasteiger charge is -2.03. The molecule has 0 spiro atoms. The molecular weight excluding hydrogens is 238 g/mol. The standard InChI is InChI=1S/C16H25NO2/c1-3-5-6-7-8-9-10-11-12-15(14-17)13-16(18)19-4-2/h3,11-12,15H,1,4-10,13H2,2H3/b12-11+. The highest BCUT2D eigenvalue weighted by molar-refractivity contribution is 5.70. The molecule has 1 unspecified atom stereocenters. The molecule has 0 aromatic carbocycles. The van der Waals surface area contributed by atoms with Crippen LogP contribution in [0.15, 0.2) is 24.8 Å². The van der Waals surface area contributed by atoms with Crippen LogP contribution >= 0.6 is 0 Å². The van der Waals surface area contributed by atoms with E-state index in [1.165, 1.54) is 19.3 Å². The van der Waals surface area contributed by atoms with Gasteiger partial charge in [-0.25, -0.2) is 0 Å². The third kappa shape index (κ3) is 11.3. The second-order valence-corrected chi connectivity index (χ2v) is 4.45. The van der Waals surface area contributed by atoms with Gasteiger partial charge in [0.05, 0.1) is 25.0 Å². The third-order valence-electron chi connectivity index (χ3n) is 2.76. The summed E-state index contributed by atoms with van der Waals surface area (Å²) in [6, 6.07) is 2.11. The summed E-state index contributed by atoms with van der Waals surface area (Å²) >= 11 is 0. The average Bonchev–Trinajstić information content (AvgIpc) is 2.40. The monoisotopic (exact) mass is 263 g/mol. The van der Waals surface area contributed by atoms with Gasteiger partial charge in [0.25, 0.3) is 0 Å². The number of carbonyl (C=O) groups excluding carboxylic acids is 1. The van der Waals surface area contributed by atoms with Crippen molar-refractivity contribution in [2.75, 3.05) is 6.61 Å². The van der Waals surface area contributed by atoms with E-state index < -0.39 is 0 Å². The maximum Gasteiger partial charge on any atom is 0.307 e. The van der Waals surface area contributed by atoms with E-state index in [2.05, 4.69) is 12.6 Å². The highest BCUT2D eigenvalue weighted by Crippen LogP contribution is 2.09. The van der Waals surface area contributed by atoms with Crippen molar-refractivity contribution >= 4 is 5.97 Å². The van der Waals surface area contributed by atoms with Gasteiger partial charge in [-0.3, -0.25) is 4.79 Å². The number of unbranched alkanes of at least 4 members (excludes halogenated alkanes) is 5. The smallest absolute Gasteiger partial charge is 0.307 e. The van der Waals surface area contributed by atoms with Crippen LogP contribution in [-0.2, 0) is 9.53 Å². The molecule has 0 aromatic heterocycles. The number of ether oxygens (including phenoxy) is 1. The van der Waals surface area contributed by atoms with E-state index in [1.54, 1.807) is 6.92 Å². The summed E-state index contributed by atoms with van der Waals surface area (Å²) < 4.78 is 4.82. The molecule has 0 aliphatic heterocycles. The molecule has 3 nitrogen and oxygen atoms in total. The fourth-order valence-corrected chi connectivity index (χ4v) is 1.72. The van der Waals surface area contributed by atoms with E-state index in [1.807, 2.05) is 18.2 Å². The van der Waals surface area contributed by atoms with Crippen molar-refractivity contribution in [1.29, 1.82) is 5.26 Å². The van der Waals surface area contributed by atoms with Crippen LogP contribution in [0.5, 0.6) is 0 Å². The second-order valence-electron chi connectivity index (χ2n) is 4.45. The molecule has 0 fully saturated rings. The average molecular weight is 263 g/mol. The van der Waals surface area contributed by atoms with Gasteiger partial charge in [-0.1, -0.05) is 31.1 Å². The number of rotatable bonds is 11. The maximum atomic E-state index is 11.2. The van der Waals surface area contributed by atoms with Crippen LogP contribution in [0.2, 0.25) is 0 Å². The SMILES string of the molecule is C=CCCCCCC/C=C/C(C#N)CC(=O)OCC. The van der Waals surface area contributed by atoms with Crippen LogP contribution < -0.4 is 0 Å². The Morgan fingerprint density at radius 2 is 2.00 bits per heavy atom. The number of hydrogen-bond donors (Lipinski definition) is 0. The number of allylic oxidation sites excluding steroid dienone is 3. The van der Waals surface area contributed by atoms with Crippen LogP contribution in [0.4, 0.5) is 0 Å². The number of hydrogen-bond acceptors (Lipinski definition) is 3. The number of nitrogens with zero attached hydrogens (tertiary/aromatic N) is 1. The summed E-state index contributed by atoms with van der Waals surface area (Å²) in [5.74, 6) is -0.664. The van der Waals surface area contributed by atoms with Gasteiger partial charge in [0.15, 0.2) is 0 Å². The van der Waals surface area contributed by atoms with Crippen molar-refractivity contribution in [3.8, 4) is 6.07 Å². The summed E-state index contributed by atoms with van der Waals surface area (Å²) in [7, 11) is 0. The predicted octanol–water partition coefficient (Wildman–Crippen LogP) is 4.16. The summed E-state index contributed by atoms with van der Waals surface area (Å²) in [4.78, 5) is 11.2. The highest BCUT2D eigenvalue weighted by Gasteiger charge is 2.10. The van der Waals surface area contributed by atoms with Gasteiger partial charge in [0, 0.05) is 0 Å². The summed E-state index contributed by atoms with van der Waals surface area (Å²) in [5.41, 5.74) is 0. The molecule has 0 amide bonds. The van der Waals surface area contributed by atoms with Gasteiger partial charge in [-0.05, 0) is 32.6 Å². The Balaban J connectivity index is 3.68. The molecule has 106 valence electrons. The zero-order valence-electron chi connectivity index (χ0n) is 11.9. The first-order chi connectivity index (χ1) is 9.24. The minimum atomic E-state index is -0.361. The summed E-state index contributed by atoms with van der Waals surface area (Å²) in [6.07, 6.45) is 12.7. The van der Waals surface area contributed by atoms with E-state index in [9.17, 15) is 4.79 Å². The lowest BCUT2D eigenvalue weighted by atomic mass is 10.1. The van der Waals surface area contributed by atoms with E-state index >= 15 is 0 Å². The zero-order chi connectivity index (χ0) is 14.3. The van der Waals surface area contributed by atoms with Crippen LogP contribution in [0, 0.1) is 17.2 Å². The molecule has 1 atom stereocenters. The topological polar surface area (TPSA) is 50.1 Å². The van der Waals surface area contributed by atoms with Gasteiger partial charge in [-0.2, -0.15) is 5.26 Å². The van der Waals surface area contributed by atoms with Gasteiger partial charge < -0.3 is 4.74 Å². The van der Waals surface area contributed by atoms with Gasteiger partial charge in [-0.15, -0.1) is 6.58 Å². The predicted molar refractivity (Wildman–Crippen MR) is 77.4 cm³/mol. The molecule has 0 N–H and O–H groups in total. The van der Waals surface area contributed by atoms with Crippen molar-refractivity contribution < 1.29 is 9.53 Å². The maximum absolute atomic E-state index is 11.2. The molecule has 0 saturated carbocycles. The molecular formula is C16H25NO2. The number of esters is 1. The molecule has 0 aliphatic rings. The number of nitriles is 1. The van der Waals surface area contributed by atoms with E-state index in [-0.39, 0.29) is 18.3 Å². The molecule has 0 bridgehead atoms. The van der Waals surface area contributed by atoms with E-state index in [4.69, 9.17) is 10.00 Å².